The summed E-state index contributed by atoms with van der Waals surface area (Å²) in [6.07, 6.45) is 0. The first-order valence-corrected chi connectivity index (χ1v) is 6.04. The van der Waals surface area contributed by atoms with E-state index in [1.165, 1.54) is 12.1 Å². The van der Waals surface area contributed by atoms with Crippen molar-refractivity contribution in [3.8, 4) is 5.75 Å². The molecule has 0 unspecified atom stereocenters. The number of ether oxygens (including phenoxy) is 2. The van der Waals surface area contributed by atoms with Gasteiger partial charge in [0.1, 0.15) is 18.2 Å². The molecule has 1 aromatic rings. The van der Waals surface area contributed by atoms with E-state index in [4.69, 9.17) is 9.47 Å². The molecule has 2 nitrogen and oxygen atoms in total. The van der Waals surface area contributed by atoms with Crippen molar-refractivity contribution in [3.05, 3.63) is 28.5 Å². The van der Waals surface area contributed by atoms with Crippen molar-refractivity contribution in [1.29, 1.82) is 0 Å². The molecule has 1 rings (SSSR count). The topological polar surface area (TPSA) is 18.5 Å². The van der Waals surface area contributed by atoms with E-state index in [0.717, 1.165) is 6.61 Å². The standard InChI is InChI=1S/C12H16BrFO2/c1-9(2)8-15-3-4-16-12-6-10(13)5-11(14)7-12/h5-7,9H,3-4,8H2,1-2H3. The largest absolute Gasteiger partial charge is 0.491 e. The third kappa shape index (κ3) is 5.47. The summed E-state index contributed by atoms with van der Waals surface area (Å²) >= 11 is 3.20. The van der Waals surface area contributed by atoms with Crippen molar-refractivity contribution in [2.45, 2.75) is 13.8 Å². The Labute approximate surface area is 104 Å². The fraction of sp³-hybridized carbons (Fsp3) is 0.500. The number of rotatable bonds is 6. The summed E-state index contributed by atoms with van der Waals surface area (Å²) < 4.78 is 24.3. The van der Waals surface area contributed by atoms with Gasteiger partial charge in [0.05, 0.1) is 6.61 Å². The van der Waals surface area contributed by atoms with Gasteiger partial charge in [-0.05, 0) is 18.1 Å². The molecular formula is C12H16BrFO2. The Bertz CT molecular complexity index is 309. The number of benzene rings is 1. The summed E-state index contributed by atoms with van der Waals surface area (Å²) in [5.41, 5.74) is 0. The maximum atomic E-state index is 13.0. The lowest BCUT2D eigenvalue weighted by atomic mass is 10.2. The summed E-state index contributed by atoms with van der Waals surface area (Å²) in [5, 5.41) is 0. The summed E-state index contributed by atoms with van der Waals surface area (Å²) in [4.78, 5) is 0. The summed E-state index contributed by atoms with van der Waals surface area (Å²) in [5.74, 6) is 0.718. The molecule has 1 aromatic carbocycles. The van der Waals surface area contributed by atoms with Crippen LogP contribution in [-0.4, -0.2) is 19.8 Å². The lowest BCUT2D eigenvalue weighted by Crippen LogP contribution is -2.10. The van der Waals surface area contributed by atoms with Crippen LogP contribution in [0.3, 0.4) is 0 Å². The number of hydrogen-bond acceptors (Lipinski definition) is 2. The van der Waals surface area contributed by atoms with E-state index in [0.29, 0.717) is 29.4 Å². The van der Waals surface area contributed by atoms with Crippen molar-refractivity contribution in [3.63, 3.8) is 0 Å². The fourth-order valence-electron chi connectivity index (χ4n) is 1.15. The lowest BCUT2D eigenvalue weighted by Gasteiger charge is -2.09. The van der Waals surface area contributed by atoms with Crippen molar-refractivity contribution >= 4 is 15.9 Å². The van der Waals surface area contributed by atoms with E-state index in [9.17, 15) is 4.39 Å². The van der Waals surface area contributed by atoms with Gasteiger partial charge < -0.3 is 9.47 Å². The van der Waals surface area contributed by atoms with Crippen LogP contribution in [0.2, 0.25) is 0 Å². The van der Waals surface area contributed by atoms with Gasteiger partial charge in [-0.3, -0.25) is 0 Å². The van der Waals surface area contributed by atoms with E-state index >= 15 is 0 Å². The second-order valence-electron chi connectivity index (χ2n) is 3.92. The SMILES string of the molecule is CC(C)COCCOc1cc(F)cc(Br)c1. The predicted octanol–water partition coefficient (Wildman–Crippen LogP) is 3.64. The highest BCUT2D eigenvalue weighted by atomic mass is 79.9. The molecule has 0 radical (unpaired) electrons. The van der Waals surface area contributed by atoms with Crippen molar-refractivity contribution in [2.75, 3.05) is 19.8 Å². The second-order valence-corrected chi connectivity index (χ2v) is 4.84. The van der Waals surface area contributed by atoms with E-state index in [-0.39, 0.29) is 5.82 Å². The van der Waals surface area contributed by atoms with Crippen LogP contribution in [0.5, 0.6) is 5.75 Å². The van der Waals surface area contributed by atoms with Crippen molar-refractivity contribution in [2.24, 2.45) is 5.92 Å². The zero-order chi connectivity index (χ0) is 12.0. The first kappa shape index (κ1) is 13.5. The summed E-state index contributed by atoms with van der Waals surface area (Å²) in [6.45, 7) is 5.85. The minimum Gasteiger partial charge on any atom is -0.491 e. The van der Waals surface area contributed by atoms with Crippen LogP contribution < -0.4 is 4.74 Å². The average Bonchev–Trinajstić information content (AvgIpc) is 2.15. The van der Waals surface area contributed by atoms with Gasteiger partial charge in [0.25, 0.3) is 0 Å². The second kappa shape index (κ2) is 6.86. The number of hydrogen-bond donors (Lipinski definition) is 0. The molecular weight excluding hydrogens is 275 g/mol. The third-order valence-electron chi connectivity index (χ3n) is 1.78. The van der Waals surface area contributed by atoms with Gasteiger partial charge in [0, 0.05) is 17.1 Å². The Morgan fingerprint density at radius 3 is 2.62 bits per heavy atom. The van der Waals surface area contributed by atoms with Crippen LogP contribution in [-0.2, 0) is 4.74 Å². The van der Waals surface area contributed by atoms with Crippen LogP contribution in [0.4, 0.5) is 4.39 Å². The highest BCUT2D eigenvalue weighted by Crippen LogP contribution is 2.20. The van der Waals surface area contributed by atoms with Crippen molar-refractivity contribution < 1.29 is 13.9 Å². The quantitative estimate of drug-likeness (QED) is 0.745. The van der Waals surface area contributed by atoms with Crippen LogP contribution in [0.1, 0.15) is 13.8 Å². The molecule has 0 bridgehead atoms. The van der Waals surface area contributed by atoms with Crippen LogP contribution >= 0.6 is 15.9 Å². The van der Waals surface area contributed by atoms with E-state index < -0.39 is 0 Å². The third-order valence-corrected chi connectivity index (χ3v) is 2.24. The molecule has 0 fully saturated rings. The molecule has 0 N–H and O–H groups in total. The molecule has 0 aliphatic rings. The van der Waals surface area contributed by atoms with Gasteiger partial charge in [-0.2, -0.15) is 0 Å². The van der Waals surface area contributed by atoms with Gasteiger partial charge >= 0.3 is 0 Å². The zero-order valence-electron chi connectivity index (χ0n) is 9.50. The lowest BCUT2D eigenvalue weighted by molar-refractivity contribution is 0.0818. The fourth-order valence-corrected chi connectivity index (χ4v) is 1.59. The van der Waals surface area contributed by atoms with E-state index in [1.807, 2.05) is 0 Å². The minimum atomic E-state index is -0.313. The molecule has 0 aromatic heterocycles. The highest BCUT2D eigenvalue weighted by Gasteiger charge is 2.00. The Morgan fingerprint density at radius 2 is 2.00 bits per heavy atom. The van der Waals surface area contributed by atoms with Gasteiger partial charge in [-0.25, -0.2) is 4.39 Å². The molecule has 0 heterocycles. The Kier molecular flexibility index (Phi) is 5.77. The van der Waals surface area contributed by atoms with Crippen LogP contribution in [0.15, 0.2) is 22.7 Å². The van der Waals surface area contributed by atoms with Gasteiger partial charge in [0.2, 0.25) is 0 Å². The Hall–Kier alpha value is -0.610. The molecule has 0 amide bonds. The number of halogens is 2. The van der Waals surface area contributed by atoms with Gasteiger partial charge in [0.15, 0.2) is 0 Å². The smallest absolute Gasteiger partial charge is 0.128 e. The molecule has 90 valence electrons. The Morgan fingerprint density at radius 1 is 1.25 bits per heavy atom. The van der Waals surface area contributed by atoms with Gasteiger partial charge in [-0.15, -0.1) is 0 Å². The Balaban J connectivity index is 2.26. The molecule has 0 atom stereocenters. The summed E-state index contributed by atoms with van der Waals surface area (Å²) in [6, 6.07) is 4.47. The minimum absolute atomic E-state index is 0.313. The first-order chi connectivity index (χ1) is 7.58. The first-order valence-electron chi connectivity index (χ1n) is 5.24. The van der Waals surface area contributed by atoms with Gasteiger partial charge in [-0.1, -0.05) is 29.8 Å². The van der Waals surface area contributed by atoms with E-state index in [2.05, 4.69) is 29.8 Å². The van der Waals surface area contributed by atoms with Crippen molar-refractivity contribution in [1.82, 2.24) is 0 Å². The van der Waals surface area contributed by atoms with E-state index in [1.54, 1.807) is 6.07 Å². The zero-order valence-corrected chi connectivity index (χ0v) is 11.1. The summed E-state index contributed by atoms with van der Waals surface area (Å²) in [7, 11) is 0. The highest BCUT2D eigenvalue weighted by molar-refractivity contribution is 9.10. The molecule has 0 aliphatic carbocycles. The molecule has 0 aliphatic heterocycles. The molecule has 16 heavy (non-hydrogen) atoms. The normalized spacial score (nSPS) is 10.8. The molecule has 4 heteroatoms. The average molecular weight is 291 g/mol. The molecule has 0 saturated heterocycles. The molecule has 0 saturated carbocycles. The monoisotopic (exact) mass is 290 g/mol. The molecule has 0 spiro atoms. The predicted molar refractivity (Wildman–Crippen MR) is 65.3 cm³/mol. The van der Waals surface area contributed by atoms with Crippen LogP contribution in [0.25, 0.3) is 0 Å². The van der Waals surface area contributed by atoms with Crippen LogP contribution in [0, 0.1) is 11.7 Å². The maximum absolute atomic E-state index is 13.0. The maximum Gasteiger partial charge on any atom is 0.128 e.